The van der Waals surface area contributed by atoms with Gasteiger partial charge in [0.2, 0.25) is 0 Å². The summed E-state index contributed by atoms with van der Waals surface area (Å²) in [5.41, 5.74) is 4.02. The molecule has 1 unspecified atom stereocenters. The van der Waals surface area contributed by atoms with Crippen LogP contribution in [0.1, 0.15) is 28.5 Å². The maximum Gasteiger partial charge on any atom is 0.253 e. The van der Waals surface area contributed by atoms with Crippen LogP contribution in [0.5, 0.6) is 0 Å². The summed E-state index contributed by atoms with van der Waals surface area (Å²) in [6.45, 7) is 0.708. The Morgan fingerprint density at radius 3 is 2.58 bits per heavy atom. The van der Waals surface area contributed by atoms with Gasteiger partial charge < -0.3 is 4.57 Å². The minimum absolute atomic E-state index is 0.0783. The number of amides is 1. The Morgan fingerprint density at radius 1 is 1.03 bits per heavy atom. The minimum Gasteiger partial charge on any atom is -0.342 e. The molecule has 1 amide bonds. The highest BCUT2D eigenvalue weighted by Crippen LogP contribution is 2.36. The fraction of sp³-hybridized carbons (Fsp3) is 0.133. The summed E-state index contributed by atoms with van der Waals surface area (Å²) in [4.78, 5) is 15.6. The highest BCUT2D eigenvalue weighted by atomic mass is 35.5. The number of carbonyl (C=O) groups is 1. The summed E-state index contributed by atoms with van der Waals surface area (Å²) < 4.78 is 15.8. The summed E-state index contributed by atoms with van der Waals surface area (Å²) in [7, 11) is 0. The highest BCUT2D eigenvalue weighted by molar-refractivity contribution is 8.00. The normalized spacial score (nSPS) is 15.3. The van der Waals surface area contributed by atoms with Crippen LogP contribution >= 0.6 is 34.7 Å². The van der Waals surface area contributed by atoms with E-state index in [-0.39, 0.29) is 23.5 Å². The van der Waals surface area contributed by atoms with Gasteiger partial charge in [0.1, 0.15) is 5.82 Å². The van der Waals surface area contributed by atoms with E-state index < -0.39 is 0 Å². The fourth-order valence-corrected chi connectivity index (χ4v) is 6.52. The number of aromatic nitrogens is 1. The lowest BCUT2D eigenvalue weighted by Crippen LogP contribution is -2.28. The van der Waals surface area contributed by atoms with E-state index in [9.17, 15) is 9.18 Å². The average Bonchev–Trinajstić information content (AvgIpc) is 3.69. The molecular weight excluding hydrogens is 537 g/mol. The molecule has 0 bridgehead atoms. The number of para-hydroxylation sites is 1. The van der Waals surface area contributed by atoms with Crippen molar-refractivity contribution in [1.29, 1.82) is 0 Å². The number of rotatable bonds is 7. The summed E-state index contributed by atoms with van der Waals surface area (Å²) >= 11 is 9.18. The Balaban J connectivity index is 1.24. The van der Waals surface area contributed by atoms with Gasteiger partial charge >= 0.3 is 0 Å². The third-order valence-corrected chi connectivity index (χ3v) is 8.79. The third-order valence-electron chi connectivity index (χ3n) is 6.60. The zero-order chi connectivity index (χ0) is 26.1. The molecule has 0 saturated carbocycles. The molecule has 0 saturated heterocycles. The molecule has 2 aromatic heterocycles. The Hall–Kier alpha value is -3.39. The van der Waals surface area contributed by atoms with Crippen molar-refractivity contribution in [2.75, 3.05) is 5.75 Å². The van der Waals surface area contributed by atoms with Crippen LogP contribution in [0.4, 0.5) is 4.39 Å². The van der Waals surface area contributed by atoms with E-state index in [4.69, 9.17) is 16.7 Å². The molecule has 190 valence electrons. The van der Waals surface area contributed by atoms with Gasteiger partial charge in [-0.25, -0.2) is 9.40 Å². The molecule has 1 atom stereocenters. The maximum absolute atomic E-state index is 13.6. The van der Waals surface area contributed by atoms with E-state index in [2.05, 4.69) is 22.9 Å². The van der Waals surface area contributed by atoms with Crippen molar-refractivity contribution in [3.8, 4) is 0 Å². The van der Waals surface area contributed by atoms with E-state index in [1.54, 1.807) is 28.5 Å². The minimum atomic E-state index is -0.297. The van der Waals surface area contributed by atoms with E-state index >= 15 is 0 Å². The number of hydrazone groups is 1. The molecule has 5 aromatic rings. The standard InChI is InChI=1S/C30H23ClFN3OS2/c31-22-11-7-20(8-12-22)17-34-18-29(24-4-1-2-5-26(24)34)38-19-30(36)35-27(21-9-13-23(32)14-10-21)16-25(33-35)28-6-3-15-37-28/h1-15,18,27H,16-17,19H2. The first kappa shape index (κ1) is 24.9. The number of thioether (sulfide) groups is 1. The van der Waals surface area contributed by atoms with Gasteiger partial charge in [0.15, 0.2) is 0 Å². The van der Waals surface area contributed by atoms with E-state index in [0.29, 0.717) is 18.0 Å². The second-order valence-corrected chi connectivity index (χ2v) is 11.5. The van der Waals surface area contributed by atoms with Crippen molar-refractivity contribution in [3.63, 3.8) is 0 Å². The summed E-state index contributed by atoms with van der Waals surface area (Å²) in [6.07, 6.45) is 2.71. The van der Waals surface area contributed by atoms with E-state index in [0.717, 1.165) is 37.5 Å². The van der Waals surface area contributed by atoms with Gasteiger partial charge in [-0.1, -0.05) is 60.1 Å². The van der Waals surface area contributed by atoms with Crippen LogP contribution in [0.3, 0.4) is 0 Å². The zero-order valence-electron chi connectivity index (χ0n) is 20.3. The molecule has 0 aliphatic carbocycles. The number of fused-ring (bicyclic) bond motifs is 1. The summed E-state index contributed by atoms with van der Waals surface area (Å²) in [6, 6.07) is 26.2. The number of halogens is 2. The molecule has 3 heterocycles. The molecule has 0 spiro atoms. The first-order chi connectivity index (χ1) is 18.5. The maximum atomic E-state index is 13.6. The van der Waals surface area contributed by atoms with Gasteiger partial charge in [-0.3, -0.25) is 4.79 Å². The monoisotopic (exact) mass is 559 g/mol. The van der Waals surface area contributed by atoms with Gasteiger partial charge in [0, 0.05) is 40.0 Å². The Morgan fingerprint density at radius 2 is 1.82 bits per heavy atom. The van der Waals surface area contributed by atoms with E-state index in [1.807, 2.05) is 53.9 Å². The van der Waals surface area contributed by atoms with Crippen molar-refractivity contribution >= 4 is 57.2 Å². The smallest absolute Gasteiger partial charge is 0.253 e. The number of thiophene rings is 1. The molecule has 4 nitrogen and oxygen atoms in total. The van der Waals surface area contributed by atoms with Gasteiger partial charge in [-0.15, -0.1) is 23.1 Å². The lowest BCUT2D eigenvalue weighted by molar-refractivity contribution is -0.130. The Bertz CT molecular complexity index is 1610. The van der Waals surface area contributed by atoms with Crippen LogP contribution < -0.4 is 0 Å². The second kappa shape index (κ2) is 10.8. The first-order valence-electron chi connectivity index (χ1n) is 12.2. The van der Waals surface area contributed by atoms with Crippen LogP contribution in [0, 0.1) is 5.82 Å². The van der Waals surface area contributed by atoms with Crippen LogP contribution in [0.25, 0.3) is 10.9 Å². The average molecular weight is 560 g/mol. The zero-order valence-corrected chi connectivity index (χ0v) is 22.6. The molecule has 1 aliphatic rings. The number of nitrogens with zero attached hydrogens (tertiary/aromatic N) is 3. The Kier molecular flexibility index (Phi) is 7.06. The Labute approximate surface area is 233 Å². The number of benzene rings is 3. The molecule has 8 heteroatoms. The van der Waals surface area contributed by atoms with Gasteiger partial charge in [-0.2, -0.15) is 5.10 Å². The molecule has 0 N–H and O–H groups in total. The third kappa shape index (κ3) is 5.14. The fourth-order valence-electron chi connectivity index (χ4n) is 4.73. The molecule has 38 heavy (non-hydrogen) atoms. The molecule has 6 rings (SSSR count). The van der Waals surface area contributed by atoms with Crippen LogP contribution in [0.15, 0.2) is 107 Å². The van der Waals surface area contributed by atoms with Crippen molar-refractivity contribution in [2.24, 2.45) is 5.10 Å². The lowest BCUT2D eigenvalue weighted by Gasteiger charge is -2.22. The van der Waals surface area contributed by atoms with Crippen molar-refractivity contribution in [3.05, 3.63) is 123 Å². The SMILES string of the molecule is O=C(CSc1cn(Cc2ccc(Cl)cc2)c2ccccc12)N1N=C(c2cccs2)CC1c1ccc(F)cc1. The molecule has 1 aliphatic heterocycles. The largest absolute Gasteiger partial charge is 0.342 e. The first-order valence-corrected chi connectivity index (χ1v) is 14.4. The molecular formula is C30H23ClFN3OS2. The quantitative estimate of drug-likeness (QED) is 0.189. The summed E-state index contributed by atoms with van der Waals surface area (Å²) in [5, 5.41) is 10.2. The molecule has 0 radical (unpaired) electrons. The summed E-state index contributed by atoms with van der Waals surface area (Å²) in [5.74, 6) is -0.131. The van der Waals surface area contributed by atoms with Crippen LogP contribution in [-0.4, -0.2) is 26.9 Å². The van der Waals surface area contributed by atoms with Crippen LogP contribution in [0.2, 0.25) is 5.02 Å². The van der Waals surface area contributed by atoms with Crippen molar-refractivity contribution in [2.45, 2.75) is 23.9 Å². The number of carbonyl (C=O) groups excluding carboxylic acids is 1. The van der Waals surface area contributed by atoms with Crippen LogP contribution in [-0.2, 0) is 11.3 Å². The predicted octanol–water partition coefficient (Wildman–Crippen LogP) is 8.01. The van der Waals surface area contributed by atoms with Crippen molar-refractivity contribution < 1.29 is 9.18 Å². The lowest BCUT2D eigenvalue weighted by atomic mass is 10.0. The molecule has 3 aromatic carbocycles. The molecule has 0 fully saturated rings. The second-order valence-electron chi connectivity index (χ2n) is 9.09. The van der Waals surface area contributed by atoms with Gasteiger partial charge in [0.05, 0.1) is 22.4 Å². The highest BCUT2D eigenvalue weighted by Gasteiger charge is 2.33. The van der Waals surface area contributed by atoms with Crippen molar-refractivity contribution in [1.82, 2.24) is 9.58 Å². The van der Waals surface area contributed by atoms with E-state index in [1.165, 1.54) is 23.9 Å². The van der Waals surface area contributed by atoms with Gasteiger partial charge in [0.25, 0.3) is 5.91 Å². The number of hydrogen-bond donors (Lipinski definition) is 0. The van der Waals surface area contributed by atoms with Gasteiger partial charge in [-0.05, 0) is 52.9 Å². The topological polar surface area (TPSA) is 37.6 Å². The predicted molar refractivity (Wildman–Crippen MR) is 155 cm³/mol. The number of hydrogen-bond acceptors (Lipinski definition) is 4.